The van der Waals surface area contributed by atoms with Crippen LogP contribution in [0.5, 0.6) is 0 Å². The number of aromatic nitrogens is 1. The van der Waals surface area contributed by atoms with Crippen molar-refractivity contribution in [3.05, 3.63) is 50.5 Å². The number of thiazole rings is 1. The Kier molecular flexibility index (Phi) is 4.12. The van der Waals surface area contributed by atoms with E-state index in [9.17, 15) is 18.5 Å². The maximum absolute atomic E-state index is 12.0. The van der Waals surface area contributed by atoms with E-state index >= 15 is 0 Å². The fourth-order valence-corrected chi connectivity index (χ4v) is 3.10. The van der Waals surface area contributed by atoms with Gasteiger partial charge in [-0.25, -0.2) is 18.1 Å². The predicted octanol–water partition coefficient (Wildman–Crippen LogP) is 1.84. The maximum atomic E-state index is 12.0. The van der Waals surface area contributed by atoms with E-state index in [0.29, 0.717) is 5.69 Å². The number of non-ortho nitro benzene ring substituents is 1. The number of aryl methyl sites for hydroxylation is 1. The van der Waals surface area contributed by atoms with Crippen LogP contribution in [-0.2, 0) is 16.6 Å². The lowest BCUT2D eigenvalue weighted by Gasteiger charge is -2.04. The number of nitrogens with one attached hydrogen (secondary N) is 1. The summed E-state index contributed by atoms with van der Waals surface area (Å²) < 4.78 is 26.4. The van der Waals surface area contributed by atoms with Crippen LogP contribution in [0.2, 0.25) is 0 Å². The Hall–Kier alpha value is -1.84. The van der Waals surface area contributed by atoms with Crippen molar-refractivity contribution < 1.29 is 13.3 Å². The molecule has 0 aliphatic carbocycles. The standard InChI is InChI=1S/C11H11N3O4S2/c1-8-13-9(7-19-8)6-12-20(17,18)11-4-2-10(3-5-11)14(15)16/h2-5,7,12H,6H2,1H3. The van der Waals surface area contributed by atoms with Gasteiger partial charge in [0.05, 0.1) is 27.1 Å². The quantitative estimate of drug-likeness (QED) is 0.670. The van der Waals surface area contributed by atoms with Gasteiger partial charge in [-0.3, -0.25) is 10.1 Å². The lowest BCUT2D eigenvalue weighted by atomic mass is 10.3. The summed E-state index contributed by atoms with van der Waals surface area (Å²) in [6.45, 7) is 1.92. The first-order chi connectivity index (χ1) is 9.38. The number of nitrogens with zero attached hydrogens (tertiary/aromatic N) is 2. The lowest BCUT2D eigenvalue weighted by Crippen LogP contribution is -2.23. The fraction of sp³-hybridized carbons (Fsp3) is 0.182. The molecule has 0 amide bonds. The van der Waals surface area contributed by atoms with Gasteiger partial charge in [-0.15, -0.1) is 11.3 Å². The number of sulfonamides is 1. The SMILES string of the molecule is Cc1nc(CNS(=O)(=O)c2ccc([N+](=O)[O-])cc2)cs1. The third-order valence-electron chi connectivity index (χ3n) is 2.47. The molecule has 7 nitrogen and oxygen atoms in total. The monoisotopic (exact) mass is 313 g/mol. The first-order valence-corrected chi connectivity index (χ1v) is 7.90. The predicted molar refractivity (Wildman–Crippen MR) is 74.0 cm³/mol. The van der Waals surface area contributed by atoms with Crippen LogP contribution in [0.3, 0.4) is 0 Å². The zero-order valence-corrected chi connectivity index (χ0v) is 12.1. The van der Waals surface area contributed by atoms with E-state index in [0.717, 1.165) is 17.1 Å². The molecule has 0 spiro atoms. The summed E-state index contributed by atoms with van der Waals surface area (Å²) in [5.41, 5.74) is 0.483. The molecule has 9 heteroatoms. The van der Waals surface area contributed by atoms with E-state index in [1.165, 1.54) is 23.5 Å². The number of nitro benzene ring substituents is 1. The van der Waals surface area contributed by atoms with Gasteiger partial charge in [0.1, 0.15) is 0 Å². The van der Waals surface area contributed by atoms with Crippen molar-refractivity contribution in [3.63, 3.8) is 0 Å². The number of benzene rings is 1. The Labute approximate surface area is 119 Å². The molecule has 0 bridgehead atoms. The molecular weight excluding hydrogens is 302 g/mol. The lowest BCUT2D eigenvalue weighted by molar-refractivity contribution is -0.384. The van der Waals surface area contributed by atoms with Crippen molar-refractivity contribution in [2.24, 2.45) is 0 Å². The van der Waals surface area contributed by atoms with Gasteiger partial charge in [-0.05, 0) is 19.1 Å². The van der Waals surface area contributed by atoms with Crippen LogP contribution in [0.25, 0.3) is 0 Å². The highest BCUT2D eigenvalue weighted by Gasteiger charge is 2.16. The Balaban J connectivity index is 2.11. The number of hydrogen-bond donors (Lipinski definition) is 1. The molecular formula is C11H11N3O4S2. The molecule has 0 radical (unpaired) electrons. The largest absolute Gasteiger partial charge is 0.269 e. The second kappa shape index (κ2) is 5.65. The van der Waals surface area contributed by atoms with Crippen LogP contribution >= 0.6 is 11.3 Å². The number of rotatable bonds is 5. The minimum absolute atomic E-state index is 0.0185. The molecule has 0 atom stereocenters. The van der Waals surface area contributed by atoms with Gasteiger partial charge >= 0.3 is 0 Å². The van der Waals surface area contributed by atoms with Crippen LogP contribution in [0.1, 0.15) is 10.7 Å². The molecule has 106 valence electrons. The highest BCUT2D eigenvalue weighted by atomic mass is 32.2. The van der Waals surface area contributed by atoms with E-state index in [-0.39, 0.29) is 17.1 Å². The summed E-state index contributed by atoms with van der Waals surface area (Å²) in [5, 5.41) is 13.1. The molecule has 1 heterocycles. The average molecular weight is 313 g/mol. The molecule has 0 aliphatic heterocycles. The molecule has 0 fully saturated rings. The Morgan fingerprint density at radius 2 is 2.00 bits per heavy atom. The summed E-state index contributed by atoms with van der Waals surface area (Å²) in [7, 11) is -3.70. The van der Waals surface area contributed by atoms with Crippen LogP contribution in [0.15, 0.2) is 34.5 Å². The highest BCUT2D eigenvalue weighted by Crippen LogP contribution is 2.16. The Morgan fingerprint density at radius 1 is 1.35 bits per heavy atom. The van der Waals surface area contributed by atoms with Gasteiger partial charge in [0, 0.05) is 17.5 Å². The van der Waals surface area contributed by atoms with Crippen molar-refractivity contribution in [2.75, 3.05) is 0 Å². The van der Waals surface area contributed by atoms with Crippen LogP contribution in [-0.4, -0.2) is 18.3 Å². The first kappa shape index (κ1) is 14.6. The molecule has 1 aromatic carbocycles. The van der Waals surface area contributed by atoms with Gasteiger partial charge in [0.25, 0.3) is 5.69 Å². The minimum atomic E-state index is -3.70. The van der Waals surface area contributed by atoms with Crippen molar-refractivity contribution in [2.45, 2.75) is 18.4 Å². The summed E-state index contributed by atoms with van der Waals surface area (Å²) in [5.74, 6) is 0. The number of nitro groups is 1. The van der Waals surface area contributed by atoms with Crippen molar-refractivity contribution in [1.29, 1.82) is 0 Å². The molecule has 0 saturated heterocycles. The van der Waals surface area contributed by atoms with Gasteiger partial charge in [-0.1, -0.05) is 0 Å². The van der Waals surface area contributed by atoms with E-state index in [4.69, 9.17) is 0 Å². The Morgan fingerprint density at radius 3 is 2.50 bits per heavy atom. The molecule has 0 saturated carbocycles. The van der Waals surface area contributed by atoms with Crippen molar-refractivity contribution in [1.82, 2.24) is 9.71 Å². The van der Waals surface area contributed by atoms with Gasteiger partial charge in [0.15, 0.2) is 0 Å². The molecule has 2 aromatic rings. The molecule has 1 N–H and O–H groups in total. The van der Waals surface area contributed by atoms with E-state index in [1.54, 1.807) is 5.38 Å². The zero-order valence-electron chi connectivity index (χ0n) is 10.4. The van der Waals surface area contributed by atoms with E-state index in [2.05, 4.69) is 9.71 Å². The maximum Gasteiger partial charge on any atom is 0.269 e. The van der Waals surface area contributed by atoms with Crippen molar-refractivity contribution in [3.8, 4) is 0 Å². The molecule has 20 heavy (non-hydrogen) atoms. The van der Waals surface area contributed by atoms with Gasteiger partial charge in [-0.2, -0.15) is 0 Å². The Bertz CT molecular complexity index is 722. The van der Waals surface area contributed by atoms with Crippen LogP contribution in [0.4, 0.5) is 5.69 Å². The second-order valence-electron chi connectivity index (χ2n) is 3.93. The first-order valence-electron chi connectivity index (χ1n) is 5.53. The van der Waals surface area contributed by atoms with E-state index < -0.39 is 14.9 Å². The third-order valence-corrected chi connectivity index (χ3v) is 4.71. The van der Waals surface area contributed by atoms with Gasteiger partial charge in [0.2, 0.25) is 10.0 Å². The van der Waals surface area contributed by atoms with Crippen LogP contribution in [0, 0.1) is 17.0 Å². The summed E-state index contributed by atoms with van der Waals surface area (Å²) >= 11 is 1.44. The summed E-state index contributed by atoms with van der Waals surface area (Å²) in [4.78, 5) is 14.1. The normalized spacial score (nSPS) is 11.4. The van der Waals surface area contributed by atoms with Crippen LogP contribution < -0.4 is 4.72 Å². The minimum Gasteiger partial charge on any atom is -0.258 e. The number of hydrogen-bond acceptors (Lipinski definition) is 6. The zero-order chi connectivity index (χ0) is 14.8. The topological polar surface area (TPSA) is 102 Å². The fourth-order valence-electron chi connectivity index (χ4n) is 1.49. The summed E-state index contributed by atoms with van der Waals surface area (Å²) in [6.07, 6.45) is 0. The second-order valence-corrected chi connectivity index (χ2v) is 6.76. The van der Waals surface area contributed by atoms with Gasteiger partial charge < -0.3 is 0 Å². The van der Waals surface area contributed by atoms with E-state index in [1.807, 2.05) is 6.92 Å². The molecule has 1 aromatic heterocycles. The third kappa shape index (κ3) is 3.38. The van der Waals surface area contributed by atoms with Crippen molar-refractivity contribution >= 4 is 27.0 Å². The molecule has 2 rings (SSSR count). The average Bonchev–Trinajstić information content (AvgIpc) is 2.82. The smallest absolute Gasteiger partial charge is 0.258 e. The molecule has 0 unspecified atom stereocenters. The molecule has 0 aliphatic rings. The summed E-state index contributed by atoms with van der Waals surface area (Å²) in [6, 6.07) is 4.71. The highest BCUT2D eigenvalue weighted by molar-refractivity contribution is 7.89.